The molecule has 7 nitrogen and oxygen atoms in total. The third kappa shape index (κ3) is 5.33. The predicted octanol–water partition coefficient (Wildman–Crippen LogP) is 4.56. The fraction of sp³-hybridized carbons (Fsp3) is 0.167. The van der Waals surface area contributed by atoms with Gasteiger partial charge >= 0.3 is 0 Å². The number of aryl methyl sites for hydroxylation is 1. The molecule has 2 heterocycles. The van der Waals surface area contributed by atoms with Crippen LogP contribution in [0.2, 0.25) is 5.15 Å². The molecule has 1 aromatic carbocycles. The fourth-order valence-electron chi connectivity index (χ4n) is 2.49. The lowest BCUT2D eigenvalue weighted by molar-refractivity contribution is -0.114. The van der Waals surface area contributed by atoms with E-state index in [0.717, 1.165) is 10.6 Å². The zero-order chi connectivity index (χ0) is 21.0. The van der Waals surface area contributed by atoms with Crippen molar-refractivity contribution in [1.82, 2.24) is 9.97 Å². The number of thiazole rings is 1. The Morgan fingerprint density at radius 2 is 2.00 bits per heavy atom. The summed E-state index contributed by atoms with van der Waals surface area (Å²) in [5, 5.41) is 3.85. The first-order valence-electron chi connectivity index (χ1n) is 8.37. The predicted molar refractivity (Wildman–Crippen MR) is 119 cm³/mol. The normalized spacial score (nSPS) is 11.3. The SMILES string of the molecule is CC(=O)Nc1nc(CCBr)c(-c2cnc(Cl)c(NS(=O)(=O)c3ccccc3)c2)s1. The van der Waals surface area contributed by atoms with E-state index >= 15 is 0 Å². The number of sulfonamides is 1. The molecule has 0 bridgehead atoms. The van der Waals surface area contributed by atoms with Crippen molar-refractivity contribution in [2.45, 2.75) is 18.2 Å². The Balaban J connectivity index is 1.99. The Bertz CT molecular complexity index is 1140. The molecule has 0 radical (unpaired) electrons. The summed E-state index contributed by atoms with van der Waals surface area (Å²) in [7, 11) is -3.82. The lowest BCUT2D eigenvalue weighted by Crippen LogP contribution is -2.13. The highest BCUT2D eigenvalue weighted by Gasteiger charge is 2.19. The Kier molecular flexibility index (Phi) is 6.89. The van der Waals surface area contributed by atoms with Gasteiger partial charge < -0.3 is 5.32 Å². The van der Waals surface area contributed by atoms with E-state index in [4.69, 9.17) is 11.6 Å². The van der Waals surface area contributed by atoms with Crippen LogP contribution in [0.5, 0.6) is 0 Å². The molecule has 2 aromatic heterocycles. The number of anilines is 2. The van der Waals surface area contributed by atoms with Crippen molar-refractivity contribution < 1.29 is 13.2 Å². The molecule has 0 unspecified atom stereocenters. The molecule has 11 heteroatoms. The molecule has 152 valence electrons. The molecule has 0 saturated heterocycles. The Labute approximate surface area is 185 Å². The second-order valence-corrected chi connectivity index (χ2v) is 9.73. The number of aromatic nitrogens is 2. The van der Waals surface area contributed by atoms with Crippen molar-refractivity contribution in [3.63, 3.8) is 0 Å². The molecule has 3 rings (SSSR count). The van der Waals surface area contributed by atoms with Crippen molar-refractivity contribution in [3.05, 3.63) is 53.4 Å². The number of carbonyl (C=O) groups is 1. The van der Waals surface area contributed by atoms with Gasteiger partial charge in [-0.3, -0.25) is 9.52 Å². The minimum absolute atomic E-state index is 0.0295. The summed E-state index contributed by atoms with van der Waals surface area (Å²) in [6.45, 7) is 1.41. The van der Waals surface area contributed by atoms with E-state index < -0.39 is 10.0 Å². The van der Waals surface area contributed by atoms with E-state index in [2.05, 4.69) is 35.9 Å². The average molecular weight is 516 g/mol. The number of nitrogens with zero attached hydrogens (tertiary/aromatic N) is 2. The molecule has 0 aliphatic heterocycles. The molecular formula is C18H16BrClN4O3S2. The van der Waals surface area contributed by atoms with Crippen LogP contribution in [0.15, 0.2) is 47.5 Å². The van der Waals surface area contributed by atoms with E-state index in [-0.39, 0.29) is 21.6 Å². The quantitative estimate of drug-likeness (QED) is 0.355. The highest BCUT2D eigenvalue weighted by atomic mass is 79.9. The van der Waals surface area contributed by atoms with Gasteiger partial charge in [-0.25, -0.2) is 18.4 Å². The van der Waals surface area contributed by atoms with Crippen LogP contribution in [0, 0.1) is 0 Å². The van der Waals surface area contributed by atoms with Gasteiger partial charge in [0, 0.05) is 30.4 Å². The molecule has 0 aliphatic rings. The maximum atomic E-state index is 12.6. The maximum absolute atomic E-state index is 12.6. The molecule has 1 amide bonds. The van der Waals surface area contributed by atoms with Gasteiger partial charge in [-0.2, -0.15) is 0 Å². The molecule has 0 saturated carbocycles. The Hall–Kier alpha value is -2.01. The minimum atomic E-state index is -3.82. The van der Waals surface area contributed by atoms with Crippen molar-refractivity contribution in [2.24, 2.45) is 0 Å². The molecule has 2 N–H and O–H groups in total. The van der Waals surface area contributed by atoms with Gasteiger partial charge in [-0.05, 0) is 18.2 Å². The van der Waals surface area contributed by atoms with Gasteiger partial charge in [0.25, 0.3) is 10.0 Å². The zero-order valence-electron chi connectivity index (χ0n) is 15.1. The molecule has 29 heavy (non-hydrogen) atoms. The Morgan fingerprint density at radius 1 is 1.28 bits per heavy atom. The van der Waals surface area contributed by atoms with Gasteiger partial charge in [0.05, 0.1) is 21.2 Å². The first-order chi connectivity index (χ1) is 13.8. The number of halogens is 2. The lowest BCUT2D eigenvalue weighted by atomic mass is 10.2. The number of nitrogens with one attached hydrogen (secondary N) is 2. The molecule has 3 aromatic rings. The summed E-state index contributed by atoms with van der Waals surface area (Å²) in [5.74, 6) is -0.221. The number of hydrogen-bond acceptors (Lipinski definition) is 6. The number of amides is 1. The molecular weight excluding hydrogens is 500 g/mol. The average Bonchev–Trinajstić information content (AvgIpc) is 3.06. The summed E-state index contributed by atoms with van der Waals surface area (Å²) in [6.07, 6.45) is 2.17. The van der Waals surface area contributed by atoms with Crippen LogP contribution in [-0.2, 0) is 21.2 Å². The summed E-state index contributed by atoms with van der Waals surface area (Å²) in [4.78, 5) is 20.8. The first-order valence-corrected chi connectivity index (χ1v) is 12.2. The first kappa shape index (κ1) is 21.7. The van der Waals surface area contributed by atoms with Crippen LogP contribution in [0.4, 0.5) is 10.8 Å². The van der Waals surface area contributed by atoms with Crippen molar-refractivity contribution >= 4 is 65.6 Å². The van der Waals surface area contributed by atoms with Gasteiger partial charge in [0.2, 0.25) is 5.91 Å². The fourth-order valence-corrected chi connectivity index (χ4v) is 5.19. The van der Waals surface area contributed by atoms with Gasteiger partial charge in [-0.15, -0.1) is 0 Å². The van der Waals surface area contributed by atoms with Crippen LogP contribution in [0.3, 0.4) is 0 Å². The van der Waals surface area contributed by atoms with Gasteiger partial charge in [0.15, 0.2) is 10.3 Å². The van der Waals surface area contributed by atoms with Crippen molar-refractivity contribution in [3.8, 4) is 10.4 Å². The van der Waals surface area contributed by atoms with Crippen LogP contribution < -0.4 is 10.0 Å². The van der Waals surface area contributed by atoms with E-state index in [0.29, 0.717) is 22.4 Å². The molecule has 0 spiro atoms. The van der Waals surface area contributed by atoms with Crippen molar-refractivity contribution in [2.75, 3.05) is 15.4 Å². The summed E-state index contributed by atoms with van der Waals surface area (Å²) in [5.41, 5.74) is 1.56. The van der Waals surface area contributed by atoms with Gasteiger partial charge in [-0.1, -0.05) is 57.1 Å². The van der Waals surface area contributed by atoms with E-state index in [1.165, 1.54) is 30.4 Å². The Morgan fingerprint density at radius 3 is 2.66 bits per heavy atom. The zero-order valence-corrected chi connectivity index (χ0v) is 19.1. The number of hydrogen-bond donors (Lipinski definition) is 2. The highest BCUT2D eigenvalue weighted by molar-refractivity contribution is 9.09. The third-order valence-corrected chi connectivity index (χ3v) is 6.85. The number of carbonyl (C=O) groups excluding carboxylic acids is 1. The standard InChI is InChI=1S/C18H16BrClN4O3S2/c1-11(25)22-18-23-14(7-8-19)16(28-18)12-9-15(17(20)21-10-12)24-29(26,27)13-5-3-2-4-6-13/h2-6,9-10,24H,7-8H2,1H3,(H,22,23,25). The van der Waals surface area contributed by atoms with Crippen molar-refractivity contribution in [1.29, 1.82) is 0 Å². The van der Waals surface area contributed by atoms with Crippen LogP contribution in [-0.4, -0.2) is 29.6 Å². The summed E-state index contributed by atoms with van der Waals surface area (Å²) >= 11 is 10.8. The molecule has 0 fully saturated rings. The van der Waals surface area contributed by atoms with E-state index in [1.807, 2.05) is 0 Å². The third-order valence-electron chi connectivity index (χ3n) is 3.71. The van der Waals surface area contributed by atoms with E-state index in [1.54, 1.807) is 30.5 Å². The molecule has 0 aliphatic carbocycles. The van der Waals surface area contributed by atoms with Gasteiger partial charge in [0.1, 0.15) is 0 Å². The van der Waals surface area contributed by atoms with Crippen LogP contribution in [0.25, 0.3) is 10.4 Å². The number of rotatable bonds is 7. The summed E-state index contributed by atoms with van der Waals surface area (Å²) in [6, 6.07) is 9.60. The minimum Gasteiger partial charge on any atom is -0.302 e. The van der Waals surface area contributed by atoms with Crippen LogP contribution >= 0.6 is 38.9 Å². The summed E-state index contributed by atoms with van der Waals surface area (Å²) < 4.78 is 27.8. The lowest BCUT2D eigenvalue weighted by Gasteiger charge is -2.10. The number of pyridine rings is 1. The van der Waals surface area contributed by atoms with E-state index in [9.17, 15) is 13.2 Å². The van der Waals surface area contributed by atoms with Crippen LogP contribution in [0.1, 0.15) is 12.6 Å². The topological polar surface area (TPSA) is 101 Å². The number of benzene rings is 1. The second-order valence-electron chi connectivity index (χ2n) is 5.90. The smallest absolute Gasteiger partial charge is 0.261 e. The largest absolute Gasteiger partial charge is 0.302 e. The second kappa shape index (κ2) is 9.21. The monoisotopic (exact) mass is 514 g/mol. The molecule has 0 atom stereocenters. The highest BCUT2D eigenvalue weighted by Crippen LogP contribution is 2.36. The number of alkyl halides is 1. The maximum Gasteiger partial charge on any atom is 0.261 e.